The first-order chi connectivity index (χ1) is 12.3. The number of benzene rings is 1. The molecule has 0 unspecified atom stereocenters. The van der Waals surface area contributed by atoms with Crippen molar-refractivity contribution in [2.75, 3.05) is 12.4 Å². The van der Waals surface area contributed by atoms with Crippen molar-refractivity contribution in [1.82, 2.24) is 25.1 Å². The lowest BCUT2D eigenvalue weighted by Crippen LogP contribution is -2.00. The van der Waals surface area contributed by atoms with Gasteiger partial charge < -0.3 is 9.73 Å². The summed E-state index contributed by atoms with van der Waals surface area (Å²) in [6.07, 6.45) is 5.13. The van der Waals surface area contributed by atoms with E-state index < -0.39 is 0 Å². The maximum atomic E-state index is 5.81. The molecule has 0 aliphatic rings. The molecule has 0 radical (unpaired) electrons. The molecule has 0 saturated heterocycles. The van der Waals surface area contributed by atoms with Gasteiger partial charge in [0, 0.05) is 30.6 Å². The summed E-state index contributed by atoms with van der Waals surface area (Å²) in [6.45, 7) is 0. The number of hydrogen-bond donors (Lipinski definition) is 1. The zero-order valence-corrected chi connectivity index (χ0v) is 13.4. The number of nitrogens with one attached hydrogen (secondary N) is 1. The van der Waals surface area contributed by atoms with Crippen LogP contribution >= 0.6 is 0 Å². The highest BCUT2D eigenvalue weighted by Gasteiger charge is 2.17. The van der Waals surface area contributed by atoms with E-state index in [1.54, 1.807) is 25.6 Å². The molecule has 122 valence electrons. The minimum atomic E-state index is 0.307. The van der Waals surface area contributed by atoms with Crippen LogP contribution in [0.15, 0.2) is 65.5 Å². The van der Waals surface area contributed by atoms with Crippen LogP contribution in [-0.2, 0) is 0 Å². The molecule has 7 heteroatoms. The lowest BCUT2D eigenvalue weighted by atomic mass is 10.2. The van der Waals surface area contributed by atoms with E-state index in [-0.39, 0.29) is 0 Å². The molecule has 0 saturated carbocycles. The number of hydrogen-bond acceptors (Lipinski definition) is 7. The zero-order valence-electron chi connectivity index (χ0n) is 13.4. The highest BCUT2D eigenvalue weighted by molar-refractivity contribution is 5.69. The molecule has 0 atom stereocenters. The van der Waals surface area contributed by atoms with Crippen LogP contribution in [0, 0.1) is 0 Å². The first kappa shape index (κ1) is 14.9. The van der Waals surface area contributed by atoms with Gasteiger partial charge in [-0.2, -0.15) is 0 Å². The molecule has 0 aliphatic carbocycles. The number of nitrogens with zero attached hydrogens (tertiary/aromatic N) is 5. The molecule has 0 bridgehead atoms. The summed E-state index contributed by atoms with van der Waals surface area (Å²) in [5.41, 5.74) is 2.89. The van der Waals surface area contributed by atoms with Crippen LogP contribution < -0.4 is 5.32 Å². The molecule has 3 heterocycles. The topological polar surface area (TPSA) is 89.6 Å². The van der Waals surface area contributed by atoms with Gasteiger partial charge >= 0.3 is 0 Å². The molecule has 4 aromatic rings. The standard InChI is InChI=1S/C18H14N6O/c1-19-16-15(22-14(11-21-16)13-8-5-9-20-10-13)18-24-23-17(25-18)12-6-3-2-4-7-12/h2-11H,1H3,(H,19,21). The van der Waals surface area contributed by atoms with Gasteiger partial charge in [-0.05, 0) is 24.3 Å². The van der Waals surface area contributed by atoms with Gasteiger partial charge in [-0.1, -0.05) is 18.2 Å². The van der Waals surface area contributed by atoms with E-state index in [1.165, 1.54) is 0 Å². The van der Waals surface area contributed by atoms with E-state index in [0.29, 0.717) is 29.0 Å². The lowest BCUT2D eigenvalue weighted by Gasteiger charge is -2.06. The van der Waals surface area contributed by atoms with E-state index in [0.717, 1.165) is 11.1 Å². The van der Waals surface area contributed by atoms with Gasteiger partial charge in [-0.3, -0.25) is 4.98 Å². The van der Waals surface area contributed by atoms with Crippen molar-refractivity contribution < 1.29 is 4.42 Å². The van der Waals surface area contributed by atoms with Crippen molar-refractivity contribution in [2.45, 2.75) is 0 Å². The molecule has 1 N–H and O–H groups in total. The van der Waals surface area contributed by atoms with Crippen LogP contribution in [0.1, 0.15) is 0 Å². The van der Waals surface area contributed by atoms with E-state index in [2.05, 4.69) is 30.5 Å². The summed E-state index contributed by atoms with van der Waals surface area (Å²) in [5.74, 6) is 1.31. The van der Waals surface area contributed by atoms with Crippen LogP contribution in [-0.4, -0.2) is 32.2 Å². The van der Waals surface area contributed by atoms with Crippen molar-refractivity contribution >= 4 is 5.82 Å². The van der Waals surface area contributed by atoms with Crippen molar-refractivity contribution in [3.63, 3.8) is 0 Å². The Morgan fingerprint density at radius 1 is 0.880 bits per heavy atom. The smallest absolute Gasteiger partial charge is 0.270 e. The normalized spacial score (nSPS) is 10.6. The number of anilines is 1. The van der Waals surface area contributed by atoms with Gasteiger partial charge in [0.25, 0.3) is 5.89 Å². The van der Waals surface area contributed by atoms with Crippen molar-refractivity contribution in [3.05, 3.63) is 61.1 Å². The highest BCUT2D eigenvalue weighted by atomic mass is 16.4. The predicted molar refractivity (Wildman–Crippen MR) is 93.5 cm³/mol. The van der Waals surface area contributed by atoms with E-state index >= 15 is 0 Å². The summed E-state index contributed by atoms with van der Waals surface area (Å²) in [4.78, 5) is 13.1. The molecule has 0 fully saturated rings. The molecule has 0 aliphatic heterocycles. The largest absolute Gasteiger partial charge is 0.414 e. The highest BCUT2D eigenvalue weighted by Crippen LogP contribution is 2.28. The minimum Gasteiger partial charge on any atom is -0.414 e. The SMILES string of the molecule is CNc1ncc(-c2cccnc2)nc1-c1nnc(-c2ccccc2)o1. The average molecular weight is 330 g/mol. The van der Waals surface area contributed by atoms with Gasteiger partial charge in [0.15, 0.2) is 11.5 Å². The van der Waals surface area contributed by atoms with Gasteiger partial charge in [-0.25, -0.2) is 9.97 Å². The fourth-order valence-corrected chi connectivity index (χ4v) is 2.39. The summed E-state index contributed by atoms with van der Waals surface area (Å²) in [7, 11) is 1.77. The van der Waals surface area contributed by atoms with Crippen LogP contribution in [0.25, 0.3) is 34.3 Å². The molecule has 0 amide bonds. The monoisotopic (exact) mass is 330 g/mol. The first-order valence-corrected chi connectivity index (χ1v) is 7.69. The van der Waals surface area contributed by atoms with Crippen molar-refractivity contribution in [1.29, 1.82) is 0 Å². The summed E-state index contributed by atoms with van der Waals surface area (Å²) in [5, 5.41) is 11.3. The Balaban J connectivity index is 1.78. The second kappa shape index (κ2) is 6.48. The Kier molecular flexibility index (Phi) is 3.88. The minimum absolute atomic E-state index is 0.307. The molecule has 25 heavy (non-hydrogen) atoms. The first-order valence-electron chi connectivity index (χ1n) is 7.69. The summed E-state index contributed by atoms with van der Waals surface area (Å²) >= 11 is 0. The molecule has 0 spiro atoms. The third-order valence-electron chi connectivity index (χ3n) is 3.61. The molecule has 7 nitrogen and oxygen atoms in total. The Morgan fingerprint density at radius 3 is 2.44 bits per heavy atom. The van der Waals surface area contributed by atoms with Crippen molar-refractivity contribution in [3.8, 4) is 34.3 Å². The maximum absolute atomic E-state index is 5.81. The molecule has 4 rings (SSSR count). The third kappa shape index (κ3) is 2.94. The molecule has 1 aromatic carbocycles. The maximum Gasteiger partial charge on any atom is 0.270 e. The quantitative estimate of drug-likeness (QED) is 0.614. The van der Waals surface area contributed by atoms with E-state index in [9.17, 15) is 0 Å². The Morgan fingerprint density at radius 2 is 1.68 bits per heavy atom. The Hall–Kier alpha value is -3.61. The summed E-state index contributed by atoms with van der Waals surface area (Å²) in [6, 6.07) is 13.4. The van der Waals surface area contributed by atoms with Crippen LogP contribution in [0.5, 0.6) is 0 Å². The number of pyridine rings is 1. The fourth-order valence-electron chi connectivity index (χ4n) is 2.39. The zero-order chi connectivity index (χ0) is 17.1. The number of aromatic nitrogens is 5. The van der Waals surface area contributed by atoms with Crippen molar-refractivity contribution in [2.24, 2.45) is 0 Å². The van der Waals surface area contributed by atoms with Crippen LogP contribution in [0.3, 0.4) is 0 Å². The van der Waals surface area contributed by atoms with E-state index in [4.69, 9.17) is 4.42 Å². The number of rotatable bonds is 4. The molecular formula is C18H14N6O. The second-order valence-electron chi connectivity index (χ2n) is 5.22. The Bertz CT molecular complexity index is 985. The second-order valence-corrected chi connectivity index (χ2v) is 5.22. The van der Waals surface area contributed by atoms with Crippen LogP contribution in [0.2, 0.25) is 0 Å². The molecular weight excluding hydrogens is 316 g/mol. The summed E-state index contributed by atoms with van der Waals surface area (Å²) < 4.78 is 5.81. The van der Waals surface area contributed by atoms with Crippen LogP contribution in [0.4, 0.5) is 5.82 Å². The average Bonchev–Trinajstić information content (AvgIpc) is 3.19. The van der Waals surface area contributed by atoms with E-state index in [1.807, 2.05) is 42.5 Å². The predicted octanol–water partition coefficient (Wildman–Crippen LogP) is 3.30. The Labute approximate surface area is 143 Å². The fraction of sp³-hybridized carbons (Fsp3) is 0.0556. The third-order valence-corrected chi connectivity index (χ3v) is 3.61. The van der Waals surface area contributed by atoms with Gasteiger partial charge in [0.1, 0.15) is 0 Å². The van der Waals surface area contributed by atoms with Gasteiger partial charge in [-0.15, -0.1) is 10.2 Å². The molecule has 3 aromatic heterocycles. The van der Waals surface area contributed by atoms with Gasteiger partial charge in [0.2, 0.25) is 5.89 Å². The van der Waals surface area contributed by atoms with Gasteiger partial charge in [0.05, 0.1) is 11.9 Å². The lowest BCUT2D eigenvalue weighted by molar-refractivity contribution is 0.582.